The lowest BCUT2D eigenvalue weighted by molar-refractivity contribution is 0.318. The SMILES string of the molecule is CCO.N#CC1=C(N)C(C#N)(C#N)C(c2ccccc2)C2CNCC=C12. The van der Waals surface area contributed by atoms with Crippen molar-refractivity contribution in [3.63, 3.8) is 0 Å². The van der Waals surface area contributed by atoms with E-state index in [4.69, 9.17) is 10.8 Å². The number of hydrogen-bond acceptors (Lipinski definition) is 6. The van der Waals surface area contributed by atoms with E-state index in [1.54, 1.807) is 6.92 Å². The Morgan fingerprint density at radius 3 is 2.38 bits per heavy atom. The van der Waals surface area contributed by atoms with Gasteiger partial charge in [0.2, 0.25) is 0 Å². The summed E-state index contributed by atoms with van der Waals surface area (Å²) in [6.07, 6.45) is 1.94. The molecule has 132 valence electrons. The molecule has 0 bridgehead atoms. The van der Waals surface area contributed by atoms with Gasteiger partial charge in [0.1, 0.15) is 6.07 Å². The van der Waals surface area contributed by atoms with Crippen molar-refractivity contribution in [2.45, 2.75) is 12.8 Å². The Morgan fingerprint density at radius 2 is 1.85 bits per heavy atom. The van der Waals surface area contributed by atoms with Gasteiger partial charge in [-0.25, -0.2) is 0 Å². The minimum Gasteiger partial charge on any atom is -0.399 e. The molecule has 1 heterocycles. The number of rotatable bonds is 1. The normalized spacial score (nSPS) is 23.1. The smallest absolute Gasteiger partial charge is 0.191 e. The van der Waals surface area contributed by atoms with E-state index in [0.29, 0.717) is 13.1 Å². The number of benzene rings is 1. The second-order valence-electron chi connectivity index (χ2n) is 6.06. The zero-order valence-corrected chi connectivity index (χ0v) is 14.6. The molecule has 2 aliphatic rings. The van der Waals surface area contributed by atoms with Crippen molar-refractivity contribution in [2.24, 2.45) is 17.1 Å². The first kappa shape index (κ1) is 19.2. The van der Waals surface area contributed by atoms with Crippen LogP contribution in [0.5, 0.6) is 0 Å². The number of aliphatic hydroxyl groups excluding tert-OH is 1. The molecule has 4 N–H and O–H groups in total. The Morgan fingerprint density at radius 1 is 1.23 bits per heavy atom. The summed E-state index contributed by atoms with van der Waals surface area (Å²) in [5.41, 5.74) is 6.73. The van der Waals surface area contributed by atoms with Crippen molar-refractivity contribution in [2.75, 3.05) is 19.7 Å². The molecule has 0 spiro atoms. The van der Waals surface area contributed by atoms with Crippen LogP contribution in [0, 0.1) is 45.3 Å². The Labute approximate surface area is 153 Å². The van der Waals surface area contributed by atoms with Gasteiger partial charge in [-0.3, -0.25) is 0 Å². The molecular weight excluding hydrogens is 326 g/mol. The van der Waals surface area contributed by atoms with Crippen LogP contribution in [-0.4, -0.2) is 24.8 Å². The van der Waals surface area contributed by atoms with Gasteiger partial charge in [0.15, 0.2) is 5.41 Å². The highest BCUT2D eigenvalue weighted by Crippen LogP contribution is 2.53. The Balaban J connectivity index is 0.000000758. The average molecular weight is 347 g/mol. The number of nitriles is 3. The Kier molecular flexibility index (Phi) is 6.15. The van der Waals surface area contributed by atoms with Crippen LogP contribution in [0.2, 0.25) is 0 Å². The summed E-state index contributed by atoms with van der Waals surface area (Å²) >= 11 is 0. The van der Waals surface area contributed by atoms with Crippen LogP contribution in [0.3, 0.4) is 0 Å². The fourth-order valence-electron chi connectivity index (χ4n) is 3.64. The highest BCUT2D eigenvalue weighted by molar-refractivity contribution is 5.59. The van der Waals surface area contributed by atoms with Crippen LogP contribution >= 0.6 is 0 Å². The third-order valence-electron chi connectivity index (χ3n) is 4.70. The molecule has 26 heavy (non-hydrogen) atoms. The van der Waals surface area contributed by atoms with Crippen molar-refractivity contribution in [1.29, 1.82) is 15.8 Å². The highest BCUT2D eigenvalue weighted by Gasteiger charge is 2.53. The average Bonchev–Trinajstić information content (AvgIpc) is 2.68. The summed E-state index contributed by atoms with van der Waals surface area (Å²) in [4.78, 5) is 0. The summed E-state index contributed by atoms with van der Waals surface area (Å²) in [5.74, 6) is -0.540. The topological polar surface area (TPSA) is 130 Å². The molecule has 1 aromatic carbocycles. The van der Waals surface area contributed by atoms with E-state index in [1.165, 1.54) is 0 Å². The number of aliphatic hydroxyl groups is 1. The van der Waals surface area contributed by atoms with Gasteiger partial charge in [-0.1, -0.05) is 36.4 Å². The standard InChI is InChI=1S/C18H15N5.C2H6O/c19-8-14-13-6-7-23-9-15(13)16(12-4-2-1-3-5-12)18(10-20,11-21)17(14)22;1-2-3/h1-6,15-16,23H,7,9,22H2;3H,2H2,1H3. The van der Waals surface area contributed by atoms with Gasteiger partial charge in [0, 0.05) is 31.5 Å². The predicted octanol–water partition coefficient (Wildman–Crippen LogP) is 1.70. The molecule has 0 fully saturated rings. The van der Waals surface area contributed by atoms with Gasteiger partial charge in [0.25, 0.3) is 0 Å². The van der Waals surface area contributed by atoms with Crippen LogP contribution in [0.1, 0.15) is 18.4 Å². The van der Waals surface area contributed by atoms with E-state index in [1.807, 2.05) is 36.4 Å². The van der Waals surface area contributed by atoms with Crippen molar-refractivity contribution >= 4 is 0 Å². The molecule has 0 saturated heterocycles. The van der Waals surface area contributed by atoms with E-state index >= 15 is 0 Å². The second kappa shape index (κ2) is 8.32. The number of allylic oxidation sites excluding steroid dienone is 2. The van der Waals surface area contributed by atoms with Crippen LogP contribution < -0.4 is 11.1 Å². The molecule has 6 nitrogen and oxygen atoms in total. The molecule has 0 saturated carbocycles. The zero-order chi connectivity index (χ0) is 19.2. The third kappa shape index (κ3) is 3.07. The van der Waals surface area contributed by atoms with Gasteiger partial charge < -0.3 is 16.2 Å². The maximum atomic E-state index is 9.81. The number of hydrogen-bond donors (Lipinski definition) is 3. The fourth-order valence-corrected chi connectivity index (χ4v) is 3.64. The maximum Gasteiger partial charge on any atom is 0.191 e. The molecule has 0 amide bonds. The largest absolute Gasteiger partial charge is 0.399 e. The van der Waals surface area contributed by atoms with Crippen molar-refractivity contribution < 1.29 is 5.11 Å². The summed E-state index contributed by atoms with van der Waals surface area (Å²) in [6, 6.07) is 15.8. The fraction of sp³-hybridized carbons (Fsp3) is 0.350. The monoisotopic (exact) mass is 347 g/mol. The lowest BCUT2D eigenvalue weighted by atomic mass is 9.58. The summed E-state index contributed by atoms with van der Waals surface area (Å²) in [5, 5.41) is 40.0. The first-order chi connectivity index (χ1) is 12.6. The van der Waals surface area contributed by atoms with Gasteiger partial charge in [-0.15, -0.1) is 0 Å². The molecule has 1 aliphatic heterocycles. The quantitative estimate of drug-likeness (QED) is 0.709. The van der Waals surface area contributed by atoms with E-state index in [2.05, 4.69) is 23.5 Å². The number of nitrogens with two attached hydrogens (primary N) is 1. The second-order valence-corrected chi connectivity index (χ2v) is 6.06. The predicted molar refractivity (Wildman–Crippen MR) is 96.9 cm³/mol. The lowest BCUT2D eigenvalue weighted by Crippen LogP contribution is -2.46. The molecular formula is C20H21N5O. The van der Waals surface area contributed by atoms with E-state index in [9.17, 15) is 15.8 Å². The van der Waals surface area contributed by atoms with Crippen LogP contribution in [0.4, 0.5) is 0 Å². The summed E-state index contributed by atoms with van der Waals surface area (Å²) in [6.45, 7) is 3.19. The van der Waals surface area contributed by atoms with E-state index in [0.717, 1.165) is 11.1 Å². The number of nitrogens with zero attached hydrogens (tertiary/aromatic N) is 3. The van der Waals surface area contributed by atoms with Gasteiger partial charge in [-0.2, -0.15) is 15.8 Å². The highest BCUT2D eigenvalue weighted by atomic mass is 16.2. The van der Waals surface area contributed by atoms with E-state index < -0.39 is 11.3 Å². The van der Waals surface area contributed by atoms with Gasteiger partial charge in [-0.05, 0) is 18.1 Å². The molecule has 0 radical (unpaired) electrons. The van der Waals surface area contributed by atoms with Crippen molar-refractivity contribution in [3.05, 3.63) is 58.8 Å². The Hall–Kier alpha value is -3.11. The summed E-state index contributed by atoms with van der Waals surface area (Å²) in [7, 11) is 0. The van der Waals surface area contributed by atoms with Gasteiger partial charge >= 0.3 is 0 Å². The summed E-state index contributed by atoms with van der Waals surface area (Å²) < 4.78 is 0. The molecule has 3 rings (SSSR count). The zero-order valence-electron chi connectivity index (χ0n) is 14.6. The third-order valence-corrected chi connectivity index (χ3v) is 4.70. The van der Waals surface area contributed by atoms with Gasteiger partial charge in [0.05, 0.1) is 23.4 Å². The molecule has 2 atom stereocenters. The maximum absolute atomic E-state index is 9.81. The lowest BCUT2D eigenvalue weighted by Gasteiger charge is -2.43. The molecule has 1 aromatic rings. The van der Waals surface area contributed by atoms with Crippen molar-refractivity contribution in [1.82, 2.24) is 5.32 Å². The van der Waals surface area contributed by atoms with Crippen molar-refractivity contribution in [3.8, 4) is 18.2 Å². The minimum atomic E-state index is -1.53. The molecule has 1 aliphatic carbocycles. The Bertz CT molecular complexity index is 822. The van der Waals surface area contributed by atoms with Crippen LogP contribution in [0.15, 0.2) is 53.3 Å². The number of nitrogens with one attached hydrogen (secondary N) is 1. The number of fused-ring (bicyclic) bond motifs is 1. The first-order valence-electron chi connectivity index (χ1n) is 8.41. The first-order valence-corrected chi connectivity index (χ1v) is 8.41. The van der Waals surface area contributed by atoms with Crippen LogP contribution in [0.25, 0.3) is 0 Å². The van der Waals surface area contributed by atoms with E-state index in [-0.39, 0.29) is 23.8 Å². The minimum absolute atomic E-state index is 0.0725. The van der Waals surface area contributed by atoms with Crippen LogP contribution in [-0.2, 0) is 0 Å². The molecule has 6 heteroatoms. The molecule has 2 unspecified atom stereocenters. The molecule has 0 aromatic heterocycles.